The number of hydrogen-bond acceptors (Lipinski definition) is 4. The van der Waals surface area contributed by atoms with Gasteiger partial charge in [0.1, 0.15) is 0 Å². The minimum atomic E-state index is -0.183. The number of methoxy groups -OCH3 is 1. The van der Waals surface area contributed by atoms with Gasteiger partial charge in [0.15, 0.2) is 11.5 Å². The molecule has 0 radical (unpaired) electrons. The molecule has 0 saturated heterocycles. The van der Waals surface area contributed by atoms with Gasteiger partial charge in [-0.1, -0.05) is 6.07 Å². The molecule has 2 aromatic rings. The summed E-state index contributed by atoms with van der Waals surface area (Å²) < 4.78 is 6.74. The number of aryl methyl sites for hydroxylation is 1. The van der Waals surface area contributed by atoms with Gasteiger partial charge < -0.3 is 15.2 Å². The molecule has 1 amide bonds. The van der Waals surface area contributed by atoms with E-state index < -0.39 is 0 Å². The minimum absolute atomic E-state index is 0.0428. The van der Waals surface area contributed by atoms with Crippen molar-refractivity contribution in [2.75, 3.05) is 13.7 Å². The summed E-state index contributed by atoms with van der Waals surface area (Å²) in [7, 11) is 3.35. The zero-order valence-electron chi connectivity index (χ0n) is 12.6. The van der Waals surface area contributed by atoms with Gasteiger partial charge in [0.05, 0.1) is 7.11 Å². The van der Waals surface area contributed by atoms with E-state index >= 15 is 0 Å². The van der Waals surface area contributed by atoms with Gasteiger partial charge in [-0.05, 0) is 29.8 Å². The van der Waals surface area contributed by atoms with Crippen LogP contribution in [-0.2, 0) is 18.3 Å². The maximum atomic E-state index is 11.7. The number of ether oxygens (including phenoxy) is 1. The Kier molecular flexibility index (Phi) is 5.19. The summed E-state index contributed by atoms with van der Waals surface area (Å²) >= 11 is 0. The van der Waals surface area contributed by atoms with Crippen LogP contribution >= 0.6 is 0 Å². The number of phenols is 1. The van der Waals surface area contributed by atoms with Crippen LogP contribution in [0.25, 0.3) is 6.08 Å². The van der Waals surface area contributed by atoms with E-state index in [1.165, 1.54) is 19.3 Å². The molecule has 6 heteroatoms. The molecule has 0 aliphatic rings. The number of nitrogens with zero attached hydrogens (tertiary/aromatic N) is 2. The fraction of sp³-hybridized carbons (Fsp3) is 0.250. The maximum absolute atomic E-state index is 11.7. The SMILES string of the molecule is COc1ccc(C=CC(=O)NCCc2ccnn2C)cc1O. The molecule has 0 fully saturated rings. The predicted octanol–water partition coefficient (Wildman–Crippen LogP) is 1.51. The van der Waals surface area contributed by atoms with E-state index in [2.05, 4.69) is 10.4 Å². The van der Waals surface area contributed by atoms with Crippen LogP contribution in [0.4, 0.5) is 0 Å². The number of carbonyl (C=O) groups is 1. The molecular formula is C16H19N3O3. The van der Waals surface area contributed by atoms with E-state index in [0.717, 1.165) is 17.7 Å². The predicted molar refractivity (Wildman–Crippen MR) is 83.6 cm³/mol. The average Bonchev–Trinajstić information content (AvgIpc) is 2.91. The van der Waals surface area contributed by atoms with E-state index in [4.69, 9.17) is 4.74 Å². The number of rotatable bonds is 6. The molecule has 0 spiro atoms. The summed E-state index contributed by atoms with van der Waals surface area (Å²) in [6.45, 7) is 0.538. The van der Waals surface area contributed by atoms with E-state index in [9.17, 15) is 9.90 Å². The molecule has 0 aliphatic carbocycles. The van der Waals surface area contributed by atoms with Crippen molar-refractivity contribution in [1.29, 1.82) is 0 Å². The third-order valence-electron chi connectivity index (χ3n) is 3.23. The van der Waals surface area contributed by atoms with Gasteiger partial charge in [0.2, 0.25) is 5.91 Å². The molecular weight excluding hydrogens is 282 g/mol. The maximum Gasteiger partial charge on any atom is 0.244 e. The van der Waals surface area contributed by atoms with Crippen molar-refractivity contribution in [3.8, 4) is 11.5 Å². The number of nitrogens with one attached hydrogen (secondary N) is 1. The van der Waals surface area contributed by atoms with Crippen molar-refractivity contribution in [3.05, 3.63) is 47.8 Å². The Labute approximate surface area is 129 Å². The molecule has 0 saturated carbocycles. The first-order chi connectivity index (χ1) is 10.6. The summed E-state index contributed by atoms with van der Waals surface area (Å²) in [6.07, 6.45) is 5.52. The number of phenolic OH excluding ortho intramolecular Hbond substituents is 1. The summed E-state index contributed by atoms with van der Waals surface area (Å²) in [4.78, 5) is 11.7. The first kappa shape index (κ1) is 15.6. The van der Waals surface area contributed by atoms with Gasteiger partial charge in [0, 0.05) is 38.0 Å². The second kappa shape index (κ2) is 7.31. The number of aromatic hydroxyl groups is 1. The molecule has 1 aromatic carbocycles. The van der Waals surface area contributed by atoms with Crippen LogP contribution < -0.4 is 10.1 Å². The standard InChI is InChI=1S/C16H19N3O3/c1-19-13(8-10-18-19)7-9-17-16(21)6-4-12-3-5-15(22-2)14(20)11-12/h3-6,8,10-11,20H,7,9H2,1-2H3,(H,17,21). The zero-order valence-corrected chi connectivity index (χ0v) is 12.6. The van der Waals surface area contributed by atoms with Gasteiger partial charge in [0.25, 0.3) is 0 Å². The monoisotopic (exact) mass is 301 g/mol. The highest BCUT2D eigenvalue weighted by Gasteiger charge is 2.02. The molecule has 1 aromatic heterocycles. The van der Waals surface area contributed by atoms with Crippen LogP contribution in [0.1, 0.15) is 11.3 Å². The molecule has 0 aliphatic heterocycles. The van der Waals surface area contributed by atoms with Crippen LogP contribution in [0.3, 0.4) is 0 Å². The highest BCUT2D eigenvalue weighted by molar-refractivity contribution is 5.91. The first-order valence-electron chi connectivity index (χ1n) is 6.90. The van der Waals surface area contributed by atoms with Crippen molar-refractivity contribution in [2.24, 2.45) is 7.05 Å². The third kappa shape index (κ3) is 4.12. The Hall–Kier alpha value is -2.76. The van der Waals surface area contributed by atoms with Crippen molar-refractivity contribution < 1.29 is 14.6 Å². The quantitative estimate of drug-likeness (QED) is 0.793. The molecule has 116 valence electrons. The normalized spacial score (nSPS) is 10.8. The third-order valence-corrected chi connectivity index (χ3v) is 3.23. The van der Waals surface area contributed by atoms with Crippen LogP contribution in [0.15, 0.2) is 36.5 Å². The zero-order chi connectivity index (χ0) is 15.9. The van der Waals surface area contributed by atoms with Crippen LogP contribution in [0, 0.1) is 0 Å². The van der Waals surface area contributed by atoms with Gasteiger partial charge >= 0.3 is 0 Å². The highest BCUT2D eigenvalue weighted by atomic mass is 16.5. The molecule has 0 atom stereocenters. The average molecular weight is 301 g/mol. The number of aromatic nitrogens is 2. The summed E-state index contributed by atoms with van der Waals surface area (Å²) in [5.74, 6) is 0.261. The topological polar surface area (TPSA) is 76.4 Å². The Morgan fingerprint density at radius 1 is 1.45 bits per heavy atom. The van der Waals surface area contributed by atoms with Crippen molar-refractivity contribution in [2.45, 2.75) is 6.42 Å². The number of benzene rings is 1. The van der Waals surface area contributed by atoms with Crippen molar-refractivity contribution in [3.63, 3.8) is 0 Å². The molecule has 1 heterocycles. The van der Waals surface area contributed by atoms with Gasteiger partial charge in [-0.3, -0.25) is 9.48 Å². The largest absolute Gasteiger partial charge is 0.504 e. The molecule has 2 N–H and O–H groups in total. The number of hydrogen-bond donors (Lipinski definition) is 2. The van der Waals surface area contributed by atoms with E-state index in [0.29, 0.717) is 12.3 Å². The molecule has 0 unspecified atom stereocenters. The lowest BCUT2D eigenvalue weighted by Gasteiger charge is -2.04. The summed E-state index contributed by atoms with van der Waals surface area (Å²) in [6, 6.07) is 6.87. The van der Waals surface area contributed by atoms with Crippen molar-refractivity contribution in [1.82, 2.24) is 15.1 Å². The minimum Gasteiger partial charge on any atom is -0.504 e. The highest BCUT2D eigenvalue weighted by Crippen LogP contribution is 2.26. The summed E-state index contributed by atoms with van der Waals surface area (Å²) in [5, 5.41) is 16.5. The lowest BCUT2D eigenvalue weighted by atomic mass is 10.2. The van der Waals surface area contributed by atoms with Crippen LogP contribution in [-0.4, -0.2) is 34.4 Å². The first-order valence-corrected chi connectivity index (χ1v) is 6.90. The Morgan fingerprint density at radius 2 is 2.27 bits per heavy atom. The fourth-order valence-electron chi connectivity index (χ4n) is 2.00. The van der Waals surface area contributed by atoms with E-state index in [1.807, 2.05) is 13.1 Å². The molecule has 2 rings (SSSR count). The number of carbonyl (C=O) groups excluding carboxylic acids is 1. The Balaban J connectivity index is 1.83. The van der Waals surface area contributed by atoms with Gasteiger partial charge in [-0.25, -0.2) is 0 Å². The second-order valence-corrected chi connectivity index (χ2v) is 4.75. The van der Waals surface area contributed by atoms with Crippen molar-refractivity contribution >= 4 is 12.0 Å². The molecule has 22 heavy (non-hydrogen) atoms. The Morgan fingerprint density at radius 3 is 2.91 bits per heavy atom. The van der Waals surface area contributed by atoms with E-state index in [1.54, 1.807) is 29.1 Å². The lowest BCUT2D eigenvalue weighted by molar-refractivity contribution is -0.116. The van der Waals surface area contributed by atoms with Gasteiger partial charge in [-0.15, -0.1) is 0 Å². The summed E-state index contributed by atoms with van der Waals surface area (Å²) in [5.41, 5.74) is 1.78. The number of amides is 1. The molecule has 6 nitrogen and oxygen atoms in total. The second-order valence-electron chi connectivity index (χ2n) is 4.75. The fourth-order valence-corrected chi connectivity index (χ4v) is 2.00. The van der Waals surface area contributed by atoms with Crippen LogP contribution in [0.5, 0.6) is 11.5 Å². The Bertz CT molecular complexity index is 677. The van der Waals surface area contributed by atoms with Gasteiger partial charge in [-0.2, -0.15) is 5.10 Å². The smallest absolute Gasteiger partial charge is 0.244 e. The van der Waals surface area contributed by atoms with E-state index in [-0.39, 0.29) is 11.7 Å². The molecule has 0 bridgehead atoms. The lowest BCUT2D eigenvalue weighted by Crippen LogP contribution is -2.24. The van der Waals surface area contributed by atoms with Crippen LogP contribution in [0.2, 0.25) is 0 Å².